The maximum Gasteiger partial charge on any atom is 0.472 e. The molecule has 2 N–H and O–H groups in total. The van der Waals surface area contributed by atoms with E-state index in [1.165, 1.54) is 25.7 Å². The van der Waals surface area contributed by atoms with Crippen molar-refractivity contribution in [1.82, 2.24) is 0 Å². The number of carbonyl (C=O) groups is 3. The van der Waals surface area contributed by atoms with Crippen molar-refractivity contribution in [3.8, 4) is 0 Å². The van der Waals surface area contributed by atoms with Crippen LogP contribution in [0.2, 0.25) is 0 Å². The Kier molecular flexibility index (Phi) is 46.3. The quantitative estimate of drug-likeness (QED) is 0.0197. The number of ether oxygens (including phenoxy) is 3. The van der Waals surface area contributed by atoms with Crippen molar-refractivity contribution in [3.05, 3.63) is 122 Å². The molecule has 0 aromatic carbocycles. The zero-order valence-electron chi connectivity index (χ0n) is 42.0. The van der Waals surface area contributed by atoms with Crippen LogP contribution < -0.4 is 0 Å². The molecule has 384 valence electrons. The Labute approximate surface area is 411 Å². The summed E-state index contributed by atoms with van der Waals surface area (Å²) in [4.78, 5) is 48.2. The van der Waals surface area contributed by atoms with Gasteiger partial charge in [-0.05, 0) is 96.3 Å². The summed E-state index contributed by atoms with van der Waals surface area (Å²) in [7, 11) is -4.79. The highest BCUT2D eigenvalue weighted by atomic mass is 31.2. The lowest BCUT2D eigenvalue weighted by Gasteiger charge is -2.21. The first-order chi connectivity index (χ1) is 33.2. The van der Waals surface area contributed by atoms with Crippen LogP contribution in [0.15, 0.2) is 122 Å². The molecule has 3 atom stereocenters. The Hall–Kier alpha value is -4.12. The summed E-state index contributed by atoms with van der Waals surface area (Å²) in [5, 5.41) is 9.75. The van der Waals surface area contributed by atoms with Crippen LogP contribution in [-0.4, -0.2) is 66.5 Å². The third-order valence-electron chi connectivity index (χ3n) is 9.90. The second kappa shape index (κ2) is 49.3. The van der Waals surface area contributed by atoms with Crippen LogP contribution >= 0.6 is 7.82 Å². The van der Waals surface area contributed by atoms with Crippen molar-refractivity contribution in [2.24, 2.45) is 0 Å². The molecule has 0 aliphatic heterocycles. The van der Waals surface area contributed by atoms with Gasteiger partial charge in [0.25, 0.3) is 0 Å². The minimum atomic E-state index is -4.79. The Balaban J connectivity index is 4.96. The molecule has 0 bridgehead atoms. The van der Waals surface area contributed by atoms with Gasteiger partial charge < -0.3 is 24.2 Å². The zero-order valence-corrected chi connectivity index (χ0v) is 42.9. The molecule has 3 unspecified atom stereocenters. The van der Waals surface area contributed by atoms with E-state index in [1.807, 2.05) is 36.5 Å². The molecule has 0 fully saturated rings. The Morgan fingerprint density at radius 1 is 0.441 bits per heavy atom. The summed E-state index contributed by atoms with van der Waals surface area (Å²) >= 11 is 0. The number of phosphoric acid groups is 1. The number of allylic oxidation sites excluding steroid dienone is 19. The molecule has 11 nitrogen and oxygen atoms in total. The molecule has 0 amide bonds. The molecule has 0 aromatic rings. The SMILES string of the molecule is CC/C=C\C/C=C\C/C=C\C/C=C\C/C=C\CC(=O)OC(COC(=O)CCCCCCC/C=C\CCCCCC)COP(=O)(O)OCC(CO)OC(=O)CC/C=C\C/C=C\C/C=C\C/C=C\CC. The predicted octanol–water partition coefficient (Wildman–Crippen LogP) is 14.5. The van der Waals surface area contributed by atoms with Crippen molar-refractivity contribution < 1.29 is 52.2 Å². The Bertz CT molecular complexity index is 1600. The average molecular weight is 969 g/mol. The normalized spacial score (nSPS) is 14.5. The van der Waals surface area contributed by atoms with Gasteiger partial charge in [-0.3, -0.25) is 23.4 Å². The first-order valence-corrected chi connectivity index (χ1v) is 26.9. The van der Waals surface area contributed by atoms with Gasteiger partial charge in [-0.25, -0.2) is 4.57 Å². The van der Waals surface area contributed by atoms with Gasteiger partial charge in [-0.1, -0.05) is 181 Å². The fourth-order valence-corrected chi connectivity index (χ4v) is 6.87. The molecule has 12 heteroatoms. The topological polar surface area (TPSA) is 155 Å². The molecule has 0 radical (unpaired) electrons. The van der Waals surface area contributed by atoms with E-state index in [4.69, 9.17) is 23.3 Å². The molecule has 0 heterocycles. The smallest absolute Gasteiger partial charge is 0.462 e. The van der Waals surface area contributed by atoms with E-state index in [2.05, 4.69) is 99.8 Å². The zero-order chi connectivity index (χ0) is 49.9. The molecule has 0 rings (SSSR count). The van der Waals surface area contributed by atoms with Crippen LogP contribution in [-0.2, 0) is 42.2 Å². The van der Waals surface area contributed by atoms with E-state index in [0.29, 0.717) is 19.3 Å². The van der Waals surface area contributed by atoms with Crippen molar-refractivity contribution in [2.75, 3.05) is 26.4 Å². The number of unbranched alkanes of at least 4 members (excludes halogenated alkanes) is 9. The highest BCUT2D eigenvalue weighted by molar-refractivity contribution is 7.47. The van der Waals surface area contributed by atoms with E-state index in [0.717, 1.165) is 89.9 Å². The number of esters is 3. The summed E-state index contributed by atoms with van der Waals surface area (Å²) in [6.45, 7) is 4.15. The van der Waals surface area contributed by atoms with Gasteiger partial charge in [0, 0.05) is 12.8 Å². The first kappa shape index (κ1) is 63.9. The van der Waals surface area contributed by atoms with Gasteiger partial charge in [0.1, 0.15) is 12.7 Å². The summed E-state index contributed by atoms with van der Waals surface area (Å²) in [5.74, 6) is -1.73. The van der Waals surface area contributed by atoms with E-state index in [9.17, 15) is 28.9 Å². The lowest BCUT2D eigenvalue weighted by Crippen LogP contribution is -2.30. The standard InChI is InChI=1S/C56H89O11P/c1-4-7-10-13-16-19-22-25-26-29-32-35-38-41-44-47-56(60)67-53(49-63-54(58)45-42-39-36-33-30-27-23-20-17-14-11-8-5-2)51-65-68(61,62)64-50-52(48-57)66-55(59)46-43-40-37-34-31-28-24-21-18-15-12-9-6-3/h7,9-10,12,16,18-21,23,25-26,28,31-32,35,37,40-41,44,52-53,57H,4-6,8,11,13-15,17,22,24,27,29-30,33-34,36,38-39,42-43,45-51H2,1-3H3,(H,61,62)/b10-7-,12-9-,19-16-,21-18-,23-20-,26-25-,31-28-,35-32-,40-37-,44-41-. The van der Waals surface area contributed by atoms with Gasteiger partial charge >= 0.3 is 25.7 Å². The minimum Gasteiger partial charge on any atom is -0.462 e. The second-order valence-electron chi connectivity index (χ2n) is 16.2. The number of aliphatic hydroxyl groups is 1. The number of carbonyl (C=O) groups excluding carboxylic acids is 3. The maximum absolute atomic E-state index is 12.8. The first-order valence-electron chi connectivity index (χ1n) is 25.4. The van der Waals surface area contributed by atoms with Crippen LogP contribution in [0.3, 0.4) is 0 Å². The van der Waals surface area contributed by atoms with Crippen LogP contribution in [0, 0.1) is 0 Å². The summed E-state index contributed by atoms with van der Waals surface area (Å²) < 4.78 is 39.1. The van der Waals surface area contributed by atoms with Gasteiger partial charge in [0.05, 0.1) is 26.2 Å². The number of rotatable bonds is 45. The highest BCUT2D eigenvalue weighted by Crippen LogP contribution is 2.43. The van der Waals surface area contributed by atoms with Crippen LogP contribution in [0.4, 0.5) is 0 Å². The molecular formula is C56H89O11P. The number of hydrogen-bond acceptors (Lipinski definition) is 10. The minimum absolute atomic E-state index is 0.0422. The lowest BCUT2D eigenvalue weighted by molar-refractivity contribution is -0.160. The average Bonchev–Trinajstić information content (AvgIpc) is 3.32. The van der Waals surface area contributed by atoms with E-state index in [-0.39, 0.29) is 19.3 Å². The Morgan fingerprint density at radius 3 is 1.35 bits per heavy atom. The third-order valence-corrected chi connectivity index (χ3v) is 10.8. The molecule has 0 aliphatic carbocycles. The Morgan fingerprint density at radius 2 is 0.853 bits per heavy atom. The predicted molar refractivity (Wildman–Crippen MR) is 279 cm³/mol. The number of hydrogen-bond donors (Lipinski definition) is 2. The van der Waals surface area contributed by atoms with Gasteiger partial charge in [-0.15, -0.1) is 0 Å². The fraction of sp³-hybridized carbons (Fsp3) is 0.589. The van der Waals surface area contributed by atoms with E-state index < -0.39 is 64.4 Å². The van der Waals surface area contributed by atoms with Crippen molar-refractivity contribution in [3.63, 3.8) is 0 Å². The van der Waals surface area contributed by atoms with Crippen LogP contribution in [0.5, 0.6) is 0 Å². The molecule has 0 aromatic heterocycles. The highest BCUT2D eigenvalue weighted by Gasteiger charge is 2.28. The number of phosphoric ester groups is 1. The molecular weight excluding hydrogens is 880 g/mol. The molecule has 0 saturated heterocycles. The molecule has 0 spiro atoms. The van der Waals surface area contributed by atoms with Gasteiger partial charge in [-0.2, -0.15) is 0 Å². The van der Waals surface area contributed by atoms with Crippen LogP contribution in [0.25, 0.3) is 0 Å². The lowest BCUT2D eigenvalue weighted by atomic mass is 10.1. The summed E-state index contributed by atoms with van der Waals surface area (Å²) in [6.07, 6.45) is 59.3. The summed E-state index contributed by atoms with van der Waals surface area (Å²) in [6, 6.07) is 0. The van der Waals surface area contributed by atoms with Crippen LogP contribution in [0.1, 0.15) is 175 Å². The second-order valence-corrected chi connectivity index (χ2v) is 17.7. The molecule has 0 aliphatic rings. The fourth-order valence-electron chi connectivity index (χ4n) is 6.08. The van der Waals surface area contributed by atoms with E-state index >= 15 is 0 Å². The third kappa shape index (κ3) is 47.0. The molecule has 68 heavy (non-hydrogen) atoms. The van der Waals surface area contributed by atoms with E-state index in [1.54, 1.807) is 6.08 Å². The van der Waals surface area contributed by atoms with Crippen molar-refractivity contribution in [2.45, 2.75) is 187 Å². The maximum atomic E-state index is 12.8. The number of aliphatic hydroxyl groups excluding tert-OH is 1. The largest absolute Gasteiger partial charge is 0.472 e. The monoisotopic (exact) mass is 969 g/mol. The van der Waals surface area contributed by atoms with Crippen molar-refractivity contribution >= 4 is 25.7 Å². The van der Waals surface area contributed by atoms with Crippen molar-refractivity contribution in [1.29, 1.82) is 0 Å². The van der Waals surface area contributed by atoms with Gasteiger partial charge in [0.15, 0.2) is 6.10 Å². The molecule has 0 saturated carbocycles. The van der Waals surface area contributed by atoms with Gasteiger partial charge in [0.2, 0.25) is 0 Å². The summed E-state index contributed by atoms with van der Waals surface area (Å²) in [5.41, 5.74) is 0.